The lowest BCUT2D eigenvalue weighted by Crippen LogP contribution is -2.47. The minimum atomic E-state index is -0.203. The first-order valence-electron chi connectivity index (χ1n) is 14.1. The maximum Gasteiger partial charge on any atom is 0.251 e. The molecule has 3 N–H and O–H groups in total. The summed E-state index contributed by atoms with van der Waals surface area (Å²) in [5, 5.41) is 10.7. The van der Waals surface area contributed by atoms with E-state index >= 15 is 0 Å². The van der Waals surface area contributed by atoms with E-state index in [0.29, 0.717) is 34.7 Å². The summed E-state index contributed by atoms with van der Waals surface area (Å²) in [6, 6.07) is 26.7. The van der Waals surface area contributed by atoms with Crippen LogP contribution in [0, 0.1) is 12.8 Å². The average Bonchev–Trinajstić information content (AvgIpc) is 2.98. The maximum absolute atomic E-state index is 13.2. The highest BCUT2D eigenvalue weighted by molar-refractivity contribution is 7.80. The number of carbonyl (C=O) groups is 1. The number of aromatic nitrogens is 1. The van der Waals surface area contributed by atoms with Gasteiger partial charge < -0.3 is 25.4 Å². The molecule has 2 bridgehead atoms. The van der Waals surface area contributed by atoms with Crippen molar-refractivity contribution in [3.8, 4) is 0 Å². The fraction of sp³-hybridized carbons (Fsp3) is 0.242. The van der Waals surface area contributed by atoms with Gasteiger partial charge in [-0.3, -0.25) is 9.59 Å². The van der Waals surface area contributed by atoms with Gasteiger partial charge in [0.25, 0.3) is 11.5 Å². The zero-order chi connectivity index (χ0) is 29.2. The van der Waals surface area contributed by atoms with Gasteiger partial charge in [0, 0.05) is 60.1 Å². The number of hydrogen-bond donors (Lipinski definition) is 3. The van der Waals surface area contributed by atoms with Gasteiger partial charge in [-0.25, -0.2) is 0 Å². The zero-order valence-corrected chi connectivity index (χ0v) is 24.8. The maximum atomic E-state index is 13.2. The Kier molecular flexibility index (Phi) is 8.00. The van der Waals surface area contributed by atoms with E-state index in [9.17, 15) is 9.59 Å². The number of piperidine rings is 1. The highest BCUT2D eigenvalue weighted by Gasteiger charge is 2.35. The minimum Gasteiger partial charge on any atom is -0.369 e. The fourth-order valence-corrected chi connectivity index (χ4v) is 6.42. The number of anilines is 3. The Bertz CT molecular complexity index is 1700. The van der Waals surface area contributed by atoms with Gasteiger partial charge in [0.15, 0.2) is 5.11 Å². The molecule has 42 heavy (non-hydrogen) atoms. The molecule has 4 aromatic rings. The lowest BCUT2D eigenvalue weighted by Gasteiger charge is -2.44. The van der Waals surface area contributed by atoms with Crippen molar-refractivity contribution in [1.29, 1.82) is 0 Å². The number of hydrogen-bond acceptors (Lipinski definition) is 4. The van der Waals surface area contributed by atoms with Crippen molar-refractivity contribution < 1.29 is 4.79 Å². The molecule has 1 saturated heterocycles. The van der Waals surface area contributed by atoms with Crippen molar-refractivity contribution in [2.24, 2.45) is 5.92 Å². The number of halogens is 1. The van der Waals surface area contributed by atoms with Crippen LogP contribution >= 0.6 is 23.8 Å². The van der Waals surface area contributed by atoms with Crippen molar-refractivity contribution in [3.05, 3.63) is 123 Å². The number of fused-ring (bicyclic) bond motifs is 4. The van der Waals surface area contributed by atoms with Crippen LogP contribution in [-0.4, -0.2) is 28.7 Å². The van der Waals surface area contributed by atoms with E-state index in [4.69, 9.17) is 23.8 Å². The molecule has 214 valence electrons. The van der Waals surface area contributed by atoms with E-state index in [1.807, 2.05) is 84.3 Å². The predicted octanol–water partition coefficient (Wildman–Crippen LogP) is 6.17. The van der Waals surface area contributed by atoms with E-state index in [1.54, 1.807) is 6.07 Å². The Morgan fingerprint density at radius 1 is 0.952 bits per heavy atom. The summed E-state index contributed by atoms with van der Waals surface area (Å²) in [6.07, 6.45) is 1.05. The summed E-state index contributed by atoms with van der Waals surface area (Å²) in [4.78, 5) is 28.1. The molecular weight excluding hydrogens is 566 g/mol. The molecule has 2 aliphatic heterocycles. The quantitative estimate of drug-likeness (QED) is 0.231. The Morgan fingerprint density at radius 2 is 1.76 bits per heavy atom. The van der Waals surface area contributed by atoms with Crippen LogP contribution in [0.2, 0.25) is 5.02 Å². The van der Waals surface area contributed by atoms with Crippen LogP contribution in [0.15, 0.2) is 89.7 Å². The third kappa shape index (κ3) is 6.05. The molecule has 3 heterocycles. The summed E-state index contributed by atoms with van der Waals surface area (Å²) < 4.78 is 1.93. The lowest BCUT2D eigenvalue weighted by atomic mass is 9.83. The molecule has 7 nitrogen and oxygen atoms in total. The molecule has 0 radical (unpaired) electrons. The first-order chi connectivity index (χ1) is 20.3. The van der Waals surface area contributed by atoms with Crippen LogP contribution in [0.1, 0.15) is 39.5 Å². The summed E-state index contributed by atoms with van der Waals surface area (Å²) in [5.74, 6) is 0.390. The molecule has 3 aromatic carbocycles. The third-order valence-corrected chi connectivity index (χ3v) is 8.61. The minimum absolute atomic E-state index is 0.0673. The summed E-state index contributed by atoms with van der Waals surface area (Å²) in [7, 11) is 0. The van der Waals surface area contributed by atoms with Crippen molar-refractivity contribution in [1.82, 2.24) is 9.88 Å². The number of carbonyl (C=O) groups excluding carboxylic acids is 1. The van der Waals surface area contributed by atoms with E-state index in [2.05, 4.69) is 26.9 Å². The Morgan fingerprint density at radius 3 is 2.57 bits per heavy atom. The van der Waals surface area contributed by atoms with Crippen LogP contribution in [0.5, 0.6) is 0 Å². The van der Waals surface area contributed by atoms with Crippen molar-refractivity contribution >= 4 is 51.9 Å². The van der Waals surface area contributed by atoms with Crippen molar-refractivity contribution in [2.45, 2.75) is 32.4 Å². The third-order valence-electron chi connectivity index (χ3n) is 8.03. The van der Waals surface area contributed by atoms with Gasteiger partial charge in [-0.2, -0.15) is 0 Å². The van der Waals surface area contributed by atoms with Gasteiger partial charge >= 0.3 is 0 Å². The van der Waals surface area contributed by atoms with E-state index < -0.39 is 0 Å². The number of rotatable bonds is 6. The number of nitrogens with zero attached hydrogens (tertiary/aromatic N) is 2. The molecule has 1 amide bonds. The van der Waals surface area contributed by atoms with Crippen molar-refractivity contribution in [2.75, 3.05) is 28.6 Å². The van der Waals surface area contributed by atoms with Crippen molar-refractivity contribution in [3.63, 3.8) is 0 Å². The van der Waals surface area contributed by atoms with Crippen LogP contribution in [0.3, 0.4) is 0 Å². The van der Waals surface area contributed by atoms with E-state index in [-0.39, 0.29) is 17.4 Å². The normalized spacial score (nSPS) is 17.2. The monoisotopic (exact) mass is 597 g/mol. The Balaban J connectivity index is 1.27. The Labute approximate surface area is 255 Å². The van der Waals surface area contributed by atoms with Gasteiger partial charge in [-0.05, 0) is 79.5 Å². The largest absolute Gasteiger partial charge is 0.369 e. The summed E-state index contributed by atoms with van der Waals surface area (Å²) in [5.41, 5.74) is 6.27. The van der Waals surface area contributed by atoms with E-state index in [1.165, 1.54) is 0 Å². The molecular formula is C33H32ClN5O2S. The molecule has 2 aliphatic rings. The number of pyridine rings is 1. The highest BCUT2D eigenvalue weighted by Crippen LogP contribution is 2.39. The lowest BCUT2D eigenvalue weighted by molar-refractivity contribution is 0.0951. The second-order valence-corrected chi connectivity index (χ2v) is 11.9. The molecule has 0 spiro atoms. The number of aryl methyl sites for hydroxylation is 1. The molecule has 0 saturated carbocycles. The van der Waals surface area contributed by atoms with E-state index in [0.717, 1.165) is 53.4 Å². The predicted molar refractivity (Wildman–Crippen MR) is 174 cm³/mol. The number of amides is 1. The molecule has 0 unspecified atom stereocenters. The number of benzene rings is 3. The fourth-order valence-electron chi connectivity index (χ4n) is 5.99. The molecule has 0 aliphatic carbocycles. The average molecular weight is 598 g/mol. The van der Waals surface area contributed by atoms with Gasteiger partial charge in [0.1, 0.15) is 0 Å². The van der Waals surface area contributed by atoms with Crippen LogP contribution in [0.25, 0.3) is 0 Å². The molecule has 1 fully saturated rings. The summed E-state index contributed by atoms with van der Waals surface area (Å²) in [6.45, 7) is 4.65. The van der Waals surface area contributed by atoms with Gasteiger partial charge in [-0.15, -0.1) is 0 Å². The number of nitrogens with one attached hydrogen (secondary N) is 3. The highest BCUT2D eigenvalue weighted by atomic mass is 35.5. The van der Waals surface area contributed by atoms with Crippen LogP contribution in [0.4, 0.5) is 17.1 Å². The first kappa shape index (κ1) is 28.0. The van der Waals surface area contributed by atoms with Crippen LogP contribution in [-0.2, 0) is 13.1 Å². The molecule has 1 aromatic heterocycles. The SMILES string of the molecule is Cc1ccc(NC(=S)Nc2cc(C(=O)NCc3ccccc3Cl)ccc2N2C[C@H]3C[C@@H](C2)c2cccc(=O)n2C3)cc1. The first-order valence-corrected chi connectivity index (χ1v) is 14.9. The molecule has 6 rings (SSSR count). The van der Waals surface area contributed by atoms with Gasteiger partial charge in [-0.1, -0.05) is 53.6 Å². The molecule has 9 heteroatoms. The smallest absolute Gasteiger partial charge is 0.251 e. The molecule has 2 atom stereocenters. The topological polar surface area (TPSA) is 78.4 Å². The van der Waals surface area contributed by atoms with Crippen LogP contribution < -0.4 is 26.4 Å². The summed E-state index contributed by atoms with van der Waals surface area (Å²) >= 11 is 12.0. The Hall–Kier alpha value is -4.14. The second kappa shape index (κ2) is 12.0. The standard InChI is InChI=1S/C33H32ClN5O2S/c1-21-9-12-26(13-10-21)36-33(42)37-28-16-23(32(41)35-17-24-5-2-3-6-27(24)34)11-14-30(28)38-18-22-15-25(20-38)29-7-4-8-31(40)39(29)19-22/h2-14,16,22,25H,15,17-20H2,1H3,(H,35,41)(H2,36,37,42)/t22-,25+/m1/s1. The van der Waals surface area contributed by atoms with Gasteiger partial charge in [0.05, 0.1) is 11.4 Å². The second-order valence-electron chi connectivity index (χ2n) is 11.1. The number of thiocarbonyl (C=S) groups is 1. The zero-order valence-electron chi connectivity index (χ0n) is 23.3. The van der Waals surface area contributed by atoms with Gasteiger partial charge in [0.2, 0.25) is 0 Å².